The van der Waals surface area contributed by atoms with Crippen molar-refractivity contribution in [2.45, 2.75) is 26.8 Å². The van der Waals surface area contributed by atoms with Crippen molar-refractivity contribution in [1.82, 2.24) is 19.9 Å². The Balaban J connectivity index is 2.05. The van der Waals surface area contributed by atoms with Gasteiger partial charge in [-0.1, -0.05) is 6.92 Å². The second-order valence-electron chi connectivity index (χ2n) is 4.11. The molecule has 2 N–H and O–H groups in total. The molecule has 0 atom stereocenters. The Morgan fingerprint density at radius 2 is 1.90 bits per heavy atom. The number of rotatable bonds is 7. The lowest BCUT2D eigenvalue weighted by molar-refractivity contribution is 0.379. The van der Waals surface area contributed by atoms with Gasteiger partial charge < -0.3 is 15.4 Å². The minimum Gasteiger partial charge on any atom is -0.467 e. The Morgan fingerprint density at radius 1 is 1.15 bits per heavy atom. The van der Waals surface area contributed by atoms with E-state index in [2.05, 4.69) is 37.5 Å². The fraction of sp³-hybridized carbons (Fsp3) is 0.500. The van der Waals surface area contributed by atoms with Crippen molar-refractivity contribution in [3.63, 3.8) is 0 Å². The standard InChI is InChI=1S/C12H18N6OS/c1-4-5-13-10-16-11(18-12(17-10)19-3)14-6-9-7-20-8(2)15-9/h7H,4-6H2,1-3H3,(H2,13,14,16,17,18). The SMILES string of the molecule is CCCNc1nc(NCc2csc(C)n2)nc(OC)n1. The van der Waals surface area contributed by atoms with Crippen LogP contribution in [0.15, 0.2) is 5.38 Å². The molecule has 8 heteroatoms. The summed E-state index contributed by atoms with van der Waals surface area (Å²) in [7, 11) is 1.53. The molecule has 0 aliphatic heterocycles. The average Bonchev–Trinajstić information content (AvgIpc) is 2.88. The molecule has 0 amide bonds. The van der Waals surface area contributed by atoms with Gasteiger partial charge in [-0.25, -0.2) is 4.98 Å². The molecule has 2 rings (SSSR count). The first-order chi connectivity index (χ1) is 9.71. The highest BCUT2D eigenvalue weighted by molar-refractivity contribution is 7.09. The molecule has 2 aromatic rings. The second-order valence-corrected chi connectivity index (χ2v) is 5.17. The third-order valence-electron chi connectivity index (χ3n) is 2.42. The highest BCUT2D eigenvalue weighted by Crippen LogP contribution is 2.13. The summed E-state index contributed by atoms with van der Waals surface area (Å²) in [5.74, 6) is 0.983. The summed E-state index contributed by atoms with van der Waals surface area (Å²) < 4.78 is 5.08. The molecule has 0 spiro atoms. The van der Waals surface area contributed by atoms with Gasteiger partial charge in [-0.15, -0.1) is 11.3 Å². The topological polar surface area (TPSA) is 84.9 Å². The highest BCUT2D eigenvalue weighted by atomic mass is 32.1. The van der Waals surface area contributed by atoms with Crippen LogP contribution < -0.4 is 15.4 Å². The van der Waals surface area contributed by atoms with E-state index in [1.165, 1.54) is 7.11 Å². The molecular formula is C12H18N6OS. The largest absolute Gasteiger partial charge is 0.467 e. The fourth-order valence-electron chi connectivity index (χ4n) is 1.50. The van der Waals surface area contributed by atoms with Crippen LogP contribution in [0.4, 0.5) is 11.9 Å². The second kappa shape index (κ2) is 6.99. The Morgan fingerprint density at radius 3 is 2.50 bits per heavy atom. The maximum Gasteiger partial charge on any atom is 0.322 e. The van der Waals surface area contributed by atoms with Crippen LogP contribution >= 0.6 is 11.3 Å². The summed E-state index contributed by atoms with van der Waals surface area (Å²) in [4.78, 5) is 17.0. The molecular weight excluding hydrogens is 276 g/mol. The summed E-state index contributed by atoms with van der Waals surface area (Å²) in [5, 5.41) is 9.30. The first-order valence-corrected chi connectivity index (χ1v) is 7.28. The maximum atomic E-state index is 5.08. The number of nitrogens with zero attached hydrogens (tertiary/aromatic N) is 4. The van der Waals surface area contributed by atoms with Gasteiger partial charge in [0.05, 0.1) is 24.4 Å². The average molecular weight is 294 g/mol. The fourth-order valence-corrected chi connectivity index (χ4v) is 2.11. The molecule has 0 saturated carbocycles. The molecule has 0 radical (unpaired) electrons. The number of thiazole rings is 1. The molecule has 0 unspecified atom stereocenters. The highest BCUT2D eigenvalue weighted by Gasteiger charge is 2.07. The van der Waals surface area contributed by atoms with Crippen LogP contribution in [0.3, 0.4) is 0 Å². The van der Waals surface area contributed by atoms with Crippen molar-refractivity contribution in [3.8, 4) is 6.01 Å². The van der Waals surface area contributed by atoms with E-state index in [9.17, 15) is 0 Å². The quantitative estimate of drug-likeness (QED) is 0.808. The third kappa shape index (κ3) is 4.02. The van der Waals surface area contributed by atoms with E-state index in [1.807, 2.05) is 12.3 Å². The number of methoxy groups -OCH3 is 1. The third-order valence-corrected chi connectivity index (χ3v) is 3.25. The molecule has 0 aliphatic rings. The zero-order chi connectivity index (χ0) is 14.4. The Hall–Kier alpha value is -1.96. The summed E-state index contributed by atoms with van der Waals surface area (Å²) >= 11 is 1.62. The molecule has 20 heavy (non-hydrogen) atoms. The van der Waals surface area contributed by atoms with E-state index in [1.54, 1.807) is 11.3 Å². The normalized spacial score (nSPS) is 10.3. The van der Waals surface area contributed by atoms with Crippen molar-refractivity contribution in [2.75, 3.05) is 24.3 Å². The van der Waals surface area contributed by atoms with Gasteiger partial charge in [0, 0.05) is 11.9 Å². The lowest BCUT2D eigenvalue weighted by atomic mass is 10.5. The lowest BCUT2D eigenvalue weighted by Crippen LogP contribution is -2.10. The molecule has 2 aromatic heterocycles. The molecule has 0 aliphatic carbocycles. The van der Waals surface area contributed by atoms with E-state index in [4.69, 9.17) is 4.74 Å². The van der Waals surface area contributed by atoms with E-state index < -0.39 is 0 Å². The van der Waals surface area contributed by atoms with Gasteiger partial charge in [-0.3, -0.25) is 0 Å². The number of aromatic nitrogens is 4. The summed E-state index contributed by atoms with van der Waals surface area (Å²) in [6.07, 6.45) is 0.995. The van der Waals surface area contributed by atoms with E-state index in [-0.39, 0.29) is 6.01 Å². The number of hydrogen-bond acceptors (Lipinski definition) is 8. The van der Waals surface area contributed by atoms with E-state index in [0.29, 0.717) is 18.4 Å². The van der Waals surface area contributed by atoms with E-state index >= 15 is 0 Å². The van der Waals surface area contributed by atoms with Crippen LogP contribution in [0.1, 0.15) is 24.0 Å². The van der Waals surface area contributed by atoms with Gasteiger partial charge in [0.1, 0.15) is 0 Å². The van der Waals surface area contributed by atoms with Crippen LogP contribution in [-0.2, 0) is 6.54 Å². The van der Waals surface area contributed by atoms with E-state index in [0.717, 1.165) is 23.7 Å². The lowest BCUT2D eigenvalue weighted by Gasteiger charge is -2.08. The molecule has 0 bridgehead atoms. The Kier molecular flexibility index (Phi) is 5.05. The number of hydrogen-bond donors (Lipinski definition) is 2. The predicted molar refractivity (Wildman–Crippen MR) is 79.3 cm³/mol. The number of aryl methyl sites for hydroxylation is 1. The van der Waals surface area contributed by atoms with Crippen LogP contribution in [0, 0.1) is 6.92 Å². The summed E-state index contributed by atoms with van der Waals surface area (Å²) in [6.45, 7) is 5.44. The summed E-state index contributed by atoms with van der Waals surface area (Å²) in [5.41, 5.74) is 0.968. The number of anilines is 2. The molecule has 7 nitrogen and oxygen atoms in total. The number of nitrogens with one attached hydrogen (secondary N) is 2. The monoisotopic (exact) mass is 294 g/mol. The van der Waals surface area contributed by atoms with Gasteiger partial charge in [-0.05, 0) is 13.3 Å². The van der Waals surface area contributed by atoms with Gasteiger partial charge >= 0.3 is 6.01 Å². The van der Waals surface area contributed by atoms with Gasteiger partial charge in [-0.2, -0.15) is 15.0 Å². The predicted octanol–water partition coefficient (Wildman–Crippen LogP) is 2.08. The molecule has 2 heterocycles. The molecule has 108 valence electrons. The summed E-state index contributed by atoms with van der Waals surface area (Å²) in [6, 6.07) is 0.288. The number of ether oxygens (including phenoxy) is 1. The minimum atomic E-state index is 0.288. The first kappa shape index (κ1) is 14.4. The zero-order valence-corrected chi connectivity index (χ0v) is 12.6. The van der Waals surface area contributed by atoms with Crippen LogP contribution in [0.2, 0.25) is 0 Å². The molecule has 0 saturated heterocycles. The smallest absolute Gasteiger partial charge is 0.322 e. The maximum absolute atomic E-state index is 5.08. The van der Waals surface area contributed by atoms with Crippen molar-refractivity contribution >= 4 is 23.2 Å². The Bertz CT molecular complexity index is 559. The first-order valence-electron chi connectivity index (χ1n) is 6.40. The van der Waals surface area contributed by atoms with Gasteiger partial charge in [0.2, 0.25) is 11.9 Å². The van der Waals surface area contributed by atoms with Crippen molar-refractivity contribution in [1.29, 1.82) is 0 Å². The van der Waals surface area contributed by atoms with Crippen molar-refractivity contribution in [2.24, 2.45) is 0 Å². The van der Waals surface area contributed by atoms with Crippen molar-refractivity contribution in [3.05, 3.63) is 16.1 Å². The van der Waals surface area contributed by atoms with Crippen LogP contribution in [-0.4, -0.2) is 33.6 Å². The Labute approximate surface area is 121 Å². The minimum absolute atomic E-state index is 0.288. The molecule has 0 aromatic carbocycles. The van der Waals surface area contributed by atoms with Crippen LogP contribution in [0.5, 0.6) is 6.01 Å². The van der Waals surface area contributed by atoms with Gasteiger partial charge in [0.15, 0.2) is 0 Å². The van der Waals surface area contributed by atoms with Crippen molar-refractivity contribution < 1.29 is 4.74 Å². The van der Waals surface area contributed by atoms with Crippen LogP contribution in [0.25, 0.3) is 0 Å². The zero-order valence-electron chi connectivity index (χ0n) is 11.8. The van der Waals surface area contributed by atoms with Gasteiger partial charge in [0.25, 0.3) is 0 Å². The molecule has 0 fully saturated rings.